The number of esters is 1. The van der Waals surface area contributed by atoms with Crippen molar-refractivity contribution in [1.29, 1.82) is 0 Å². The van der Waals surface area contributed by atoms with E-state index in [4.69, 9.17) is 0 Å². The Morgan fingerprint density at radius 1 is 1.22 bits per heavy atom. The molecule has 8 heteroatoms. The van der Waals surface area contributed by atoms with Gasteiger partial charge in [0.2, 0.25) is 5.91 Å². The van der Waals surface area contributed by atoms with Gasteiger partial charge >= 0.3 is 12.1 Å². The van der Waals surface area contributed by atoms with Crippen molar-refractivity contribution in [3.63, 3.8) is 0 Å². The van der Waals surface area contributed by atoms with Crippen LogP contribution < -0.4 is 5.32 Å². The van der Waals surface area contributed by atoms with E-state index in [1.54, 1.807) is 6.92 Å². The molecule has 0 aromatic carbocycles. The first-order valence-corrected chi connectivity index (χ1v) is 5.42. The molecule has 0 bridgehead atoms. The summed E-state index contributed by atoms with van der Waals surface area (Å²) in [5.41, 5.74) is 0. The van der Waals surface area contributed by atoms with Crippen LogP contribution in [0.5, 0.6) is 0 Å². The van der Waals surface area contributed by atoms with Gasteiger partial charge in [0.05, 0.1) is 19.6 Å². The average Bonchev–Trinajstić information content (AvgIpc) is 2.23. The van der Waals surface area contributed by atoms with E-state index in [1.807, 2.05) is 0 Å². The molecule has 1 amide bonds. The van der Waals surface area contributed by atoms with Crippen molar-refractivity contribution < 1.29 is 32.2 Å². The van der Waals surface area contributed by atoms with Crippen LogP contribution in [-0.2, 0) is 19.1 Å². The lowest BCUT2D eigenvalue weighted by Gasteiger charge is -2.08. The minimum absolute atomic E-state index is 0.0307. The molecular formula is C10H16F3NO4. The number of rotatable bonds is 8. The number of carbonyl (C=O) groups excluding carboxylic acids is 2. The highest BCUT2D eigenvalue weighted by molar-refractivity contribution is 5.77. The van der Waals surface area contributed by atoms with Gasteiger partial charge < -0.3 is 14.8 Å². The molecule has 0 aromatic rings. The third kappa shape index (κ3) is 11.2. The maximum absolute atomic E-state index is 11.7. The smallest absolute Gasteiger partial charge is 0.411 e. The summed E-state index contributed by atoms with van der Waals surface area (Å²) in [6.45, 7) is 0.331. The predicted molar refractivity (Wildman–Crippen MR) is 55.8 cm³/mol. The Hall–Kier alpha value is -1.31. The fraction of sp³-hybridized carbons (Fsp3) is 0.800. The summed E-state index contributed by atoms with van der Waals surface area (Å²) < 4.78 is 43.9. The standard InChI is InChI=1S/C10H16F3NO4/c1-2-18-9(16)3-5-14-8(15)4-6-17-7-10(11,12)13/h2-7H2,1H3,(H,14,15). The monoisotopic (exact) mass is 271 g/mol. The van der Waals surface area contributed by atoms with Crippen molar-refractivity contribution in [3.05, 3.63) is 0 Å². The molecule has 1 N–H and O–H groups in total. The molecule has 0 rings (SSSR count). The predicted octanol–water partition coefficient (Wildman–Crippen LogP) is 1.02. The number of alkyl halides is 3. The summed E-state index contributed by atoms with van der Waals surface area (Å²) in [5, 5.41) is 2.37. The summed E-state index contributed by atoms with van der Waals surface area (Å²) >= 11 is 0. The molecule has 0 spiro atoms. The van der Waals surface area contributed by atoms with E-state index in [2.05, 4.69) is 14.8 Å². The van der Waals surface area contributed by atoms with Gasteiger partial charge in [-0.05, 0) is 6.92 Å². The van der Waals surface area contributed by atoms with Crippen molar-refractivity contribution in [3.8, 4) is 0 Å². The van der Waals surface area contributed by atoms with Crippen LogP contribution in [0.25, 0.3) is 0 Å². The number of amides is 1. The molecule has 0 saturated carbocycles. The zero-order chi connectivity index (χ0) is 14.0. The molecule has 0 aliphatic carbocycles. The van der Waals surface area contributed by atoms with E-state index in [9.17, 15) is 22.8 Å². The van der Waals surface area contributed by atoms with E-state index in [-0.39, 0.29) is 32.6 Å². The highest BCUT2D eigenvalue weighted by Crippen LogP contribution is 2.14. The molecule has 0 aromatic heterocycles. The van der Waals surface area contributed by atoms with Gasteiger partial charge in [-0.2, -0.15) is 13.2 Å². The second kappa shape index (κ2) is 8.73. The van der Waals surface area contributed by atoms with E-state index >= 15 is 0 Å². The SMILES string of the molecule is CCOC(=O)CCNC(=O)CCOCC(F)(F)F. The summed E-state index contributed by atoms with van der Waals surface area (Å²) in [7, 11) is 0. The van der Waals surface area contributed by atoms with Gasteiger partial charge in [-0.1, -0.05) is 0 Å². The Bertz CT molecular complexity index is 268. The molecule has 106 valence electrons. The van der Waals surface area contributed by atoms with Crippen LogP contribution in [0.4, 0.5) is 13.2 Å². The van der Waals surface area contributed by atoms with E-state index in [1.165, 1.54) is 0 Å². The molecule has 0 radical (unpaired) electrons. The fourth-order valence-electron chi connectivity index (χ4n) is 0.978. The highest BCUT2D eigenvalue weighted by Gasteiger charge is 2.27. The Balaban J connectivity index is 3.46. The van der Waals surface area contributed by atoms with Gasteiger partial charge in [0.15, 0.2) is 0 Å². The first kappa shape index (κ1) is 16.7. The maximum atomic E-state index is 11.7. The lowest BCUT2D eigenvalue weighted by Crippen LogP contribution is -2.28. The molecule has 18 heavy (non-hydrogen) atoms. The quantitative estimate of drug-likeness (QED) is 0.529. The third-order valence-corrected chi connectivity index (χ3v) is 1.70. The molecular weight excluding hydrogens is 255 g/mol. The van der Waals surface area contributed by atoms with Crippen LogP contribution in [0.3, 0.4) is 0 Å². The zero-order valence-corrected chi connectivity index (χ0v) is 10.0. The van der Waals surface area contributed by atoms with Crippen LogP contribution >= 0.6 is 0 Å². The summed E-state index contributed by atoms with van der Waals surface area (Å²) in [6, 6.07) is 0. The van der Waals surface area contributed by atoms with Crippen molar-refractivity contribution in [2.24, 2.45) is 0 Å². The molecule has 0 saturated heterocycles. The molecule has 0 fully saturated rings. The third-order valence-electron chi connectivity index (χ3n) is 1.70. The largest absolute Gasteiger partial charge is 0.466 e. The number of carbonyl (C=O) groups is 2. The van der Waals surface area contributed by atoms with Gasteiger partial charge in [-0.3, -0.25) is 9.59 Å². The molecule has 0 aliphatic heterocycles. The van der Waals surface area contributed by atoms with E-state index < -0.39 is 24.7 Å². The van der Waals surface area contributed by atoms with Crippen LogP contribution in [0, 0.1) is 0 Å². The topological polar surface area (TPSA) is 64.6 Å². The number of halogens is 3. The van der Waals surface area contributed by atoms with E-state index in [0.717, 1.165) is 0 Å². The van der Waals surface area contributed by atoms with Crippen molar-refractivity contribution >= 4 is 11.9 Å². The highest BCUT2D eigenvalue weighted by atomic mass is 19.4. The van der Waals surface area contributed by atoms with Gasteiger partial charge in [-0.25, -0.2) is 0 Å². The lowest BCUT2D eigenvalue weighted by atomic mass is 10.4. The summed E-state index contributed by atoms with van der Waals surface area (Å²) in [6.07, 6.45) is -4.54. The van der Waals surface area contributed by atoms with Crippen molar-refractivity contribution in [2.75, 3.05) is 26.4 Å². The Morgan fingerprint density at radius 2 is 1.89 bits per heavy atom. The number of hydrogen-bond donors (Lipinski definition) is 1. The molecule has 0 atom stereocenters. The van der Waals surface area contributed by atoms with Gasteiger partial charge in [0, 0.05) is 13.0 Å². The van der Waals surface area contributed by atoms with Crippen LogP contribution in [0.1, 0.15) is 19.8 Å². The zero-order valence-electron chi connectivity index (χ0n) is 10.0. The first-order chi connectivity index (χ1) is 8.35. The number of nitrogens with one attached hydrogen (secondary N) is 1. The van der Waals surface area contributed by atoms with Crippen molar-refractivity contribution in [2.45, 2.75) is 25.9 Å². The Kier molecular flexibility index (Phi) is 8.10. The average molecular weight is 271 g/mol. The minimum atomic E-state index is -4.39. The first-order valence-electron chi connectivity index (χ1n) is 5.42. The molecule has 0 unspecified atom stereocenters. The fourth-order valence-corrected chi connectivity index (χ4v) is 0.978. The minimum Gasteiger partial charge on any atom is -0.466 e. The lowest BCUT2D eigenvalue weighted by molar-refractivity contribution is -0.174. The van der Waals surface area contributed by atoms with Gasteiger partial charge in [0.25, 0.3) is 0 Å². The molecule has 0 heterocycles. The van der Waals surface area contributed by atoms with Gasteiger partial charge in [-0.15, -0.1) is 0 Å². The molecule has 0 aliphatic rings. The van der Waals surface area contributed by atoms with Crippen LogP contribution in [0.15, 0.2) is 0 Å². The number of hydrogen-bond acceptors (Lipinski definition) is 4. The normalized spacial score (nSPS) is 11.1. The Morgan fingerprint density at radius 3 is 2.44 bits per heavy atom. The van der Waals surface area contributed by atoms with Crippen molar-refractivity contribution in [1.82, 2.24) is 5.32 Å². The van der Waals surface area contributed by atoms with Crippen LogP contribution in [-0.4, -0.2) is 44.4 Å². The number of ether oxygens (including phenoxy) is 2. The maximum Gasteiger partial charge on any atom is 0.411 e. The van der Waals surface area contributed by atoms with E-state index in [0.29, 0.717) is 0 Å². The molecule has 5 nitrogen and oxygen atoms in total. The van der Waals surface area contributed by atoms with Gasteiger partial charge in [0.1, 0.15) is 6.61 Å². The summed E-state index contributed by atoms with van der Waals surface area (Å²) in [4.78, 5) is 22.0. The second-order valence-corrected chi connectivity index (χ2v) is 3.32. The summed E-state index contributed by atoms with van der Waals surface area (Å²) in [5.74, 6) is -0.910. The Labute approximate surface area is 103 Å². The second-order valence-electron chi connectivity index (χ2n) is 3.32. The van der Waals surface area contributed by atoms with Crippen LogP contribution in [0.2, 0.25) is 0 Å².